The quantitative estimate of drug-likeness (QED) is 0.564. The zero-order valence-electron chi connectivity index (χ0n) is 14.4. The minimum Gasteiger partial charge on any atom is -0.493 e. The molecular weight excluding hydrogens is 342 g/mol. The smallest absolute Gasteiger partial charge is 0.240 e. The first-order chi connectivity index (χ1) is 11.9. The van der Waals surface area contributed by atoms with Crippen molar-refractivity contribution >= 4 is 29.1 Å². The Hall–Kier alpha value is -2.61. The molecule has 25 heavy (non-hydrogen) atoms. The Bertz CT molecular complexity index is 722. The van der Waals surface area contributed by atoms with Crippen LogP contribution in [0.2, 0.25) is 0 Å². The van der Waals surface area contributed by atoms with Crippen LogP contribution in [0.1, 0.15) is 12.0 Å². The van der Waals surface area contributed by atoms with E-state index in [1.54, 1.807) is 18.2 Å². The van der Waals surface area contributed by atoms with Crippen molar-refractivity contribution in [2.45, 2.75) is 12.8 Å². The van der Waals surface area contributed by atoms with E-state index in [1.807, 2.05) is 0 Å². The lowest BCUT2D eigenvalue weighted by Gasteiger charge is -2.34. The Morgan fingerprint density at radius 1 is 1.28 bits per heavy atom. The highest BCUT2D eigenvalue weighted by atomic mass is 32.1. The number of benzene rings is 1. The third kappa shape index (κ3) is 3.43. The fourth-order valence-electron chi connectivity index (χ4n) is 2.85. The summed E-state index contributed by atoms with van der Waals surface area (Å²) in [6.45, 7) is 3.73. The first-order valence-electron chi connectivity index (χ1n) is 7.51. The molecule has 1 unspecified atom stereocenters. The highest BCUT2D eigenvalue weighted by Gasteiger charge is 2.44. The monoisotopic (exact) mass is 363 g/mol. The van der Waals surface area contributed by atoms with Crippen LogP contribution >= 0.6 is 12.2 Å². The molecule has 0 aromatic heterocycles. The van der Waals surface area contributed by atoms with Crippen LogP contribution in [0, 0.1) is 5.41 Å². The number of allylic oxidation sites excluding steroid dienone is 1. The first-order valence-corrected chi connectivity index (χ1v) is 7.92. The highest BCUT2D eigenvalue weighted by molar-refractivity contribution is 7.80. The van der Waals surface area contributed by atoms with E-state index >= 15 is 0 Å². The molecule has 0 fully saturated rings. The number of hydrogen-bond donors (Lipinski definition) is 2. The number of carbonyl (C=O) groups excluding carboxylic acids is 1. The van der Waals surface area contributed by atoms with Crippen molar-refractivity contribution in [1.29, 1.82) is 0 Å². The molecule has 1 aliphatic heterocycles. The average Bonchev–Trinajstić information content (AvgIpc) is 2.58. The van der Waals surface area contributed by atoms with Gasteiger partial charge in [0.25, 0.3) is 0 Å². The van der Waals surface area contributed by atoms with Gasteiger partial charge in [0.15, 0.2) is 11.5 Å². The summed E-state index contributed by atoms with van der Waals surface area (Å²) >= 11 is 4.94. The van der Waals surface area contributed by atoms with Gasteiger partial charge in [-0.1, -0.05) is 6.08 Å². The molecular formula is C17H21N3O4S. The second-order valence-electron chi connectivity index (χ2n) is 5.54. The van der Waals surface area contributed by atoms with Crippen molar-refractivity contribution < 1.29 is 19.0 Å². The molecule has 3 N–H and O–H groups in total. The molecule has 0 aliphatic carbocycles. The number of aliphatic imine (C=N–C) groups is 1. The van der Waals surface area contributed by atoms with Gasteiger partial charge in [-0.15, -0.1) is 6.58 Å². The third-order valence-corrected chi connectivity index (χ3v) is 4.28. The van der Waals surface area contributed by atoms with E-state index < -0.39 is 5.41 Å². The lowest BCUT2D eigenvalue weighted by Crippen LogP contribution is -2.56. The largest absolute Gasteiger partial charge is 0.493 e. The van der Waals surface area contributed by atoms with E-state index in [1.165, 1.54) is 21.3 Å². The van der Waals surface area contributed by atoms with Crippen molar-refractivity contribution in [2.75, 3.05) is 21.3 Å². The molecule has 8 heteroatoms. The first kappa shape index (κ1) is 18.7. The van der Waals surface area contributed by atoms with E-state index in [9.17, 15) is 4.79 Å². The molecule has 1 aliphatic rings. The molecule has 0 saturated carbocycles. The number of amides is 1. The van der Waals surface area contributed by atoms with Crippen LogP contribution in [0.5, 0.6) is 17.2 Å². The molecule has 1 aromatic carbocycles. The molecule has 1 amide bonds. The van der Waals surface area contributed by atoms with Crippen molar-refractivity contribution in [2.24, 2.45) is 16.1 Å². The van der Waals surface area contributed by atoms with E-state index in [2.05, 4.69) is 16.9 Å². The Morgan fingerprint density at radius 3 is 2.32 bits per heavy atom. The summed E-state index contributed by atoms with van der Waals surface area (Å²) in [6.07, 6.45) is 2.22. The number of thiocarbonyl (C=S) groups is 1. The number of rotatable bonds is 7. The minimum atomic E-state index is -1.07. The molecule has 2 rings (SSSR count). The average molecular weight is 363 g/mol. The number of carbonyl (C=O) groups is 1. The van der Waals surface area contributed by atoms with Gasteiger partial charge in [-0.3, -0.25) is 4.79 Å². The van der Waals surface area contributed by atoms with Crippen molar-refractivity contribution in [3.05, 3.63) is 30.4 Å². The predicted octanol–water partition coefficient (Wildman–Crippen LogP) is 1.59. The van der Waals surface area contributed by atoms with Crippen LogP contribution in [0.25, 0.3) is 0 Å². The molecule has 1 aromatic rings. The summed E-state index contributed by atoms with van der Waals surface area (Å²) in [5, 5.41) is 2.64. The number of hydrogen-bond acceptors (Lipinski definition) is 6. The standard InChI is InChI=1S/C17H21N3O4S/c1-5-6-17(14(18)19-16(25)20-15(17)21)9-10-7-11(22-2)13(24-4)12(8-10)23-3/h5,7-8H,1,6,9H2,2-4H3,(H3,18,19,20,21,25). The van der Waals surface area contributed by atoms with Crippen LogP contribution < -0.4 is 25.3 Å². The Balaban J connectivity index is 2.54. The number of methoxy groups -OCH3 is 3. The van der Waals surface area contributed by atoms with Gasteiger partial charge in [-0.05, 0) is 42.8 Å². The number of ether oxygens (including phenoxy) is 3. The number of nitrogens with two attached hydrogens (primary N) is 1. The van der Waals surface area contributed by atoms with E-state index in [4.69, 9.17) is 32.2 Å². The minimum absolute atomic E-state index is 0.0621. The fourth-order valence-corrected chi connectivity index (χ4v) is 3.04. The lowest BCUT2D eigenvalue weighted by molar-refractivity contribution is -0.126. The number of nitrogens with zero attached hydrogens (tertiary/aromatic N) is 1. The summed E-state index contributed by atoms with van der Waals surface area (Å²) in [4.78, 5) is 16.7. The third-order valence-electron chi connectivity index (χ3n) is 4.09. The van der Waals surface area contributed by atoms with Gasteiger partial charge in [-0.2, -0.15) is 0 Å². The maximum atomic E-state index is 12.7. The van der Waals surface area contributed by atoms with Crippen molar-refractivity contribution in [3.63, 3.8) is 0 Å². The van der Waals surface area contributed by atoms with Gasteiger partial charge in [0.1, 0.15) is 11.3 Å². The van der Waals surface area contributed by atoms with Crippen LogP contribution in [0.4, 0.5) is 0 Å². The SMILES string of the molecule is C=CCC1(Cc2cc(OC)c(OC)c(OC)c2)C(=O)NC(=S)N=C1N. The van der Waals surface area contributed by atoms with Crippen molar-refractivity contribution in [1.82, 2.24) is 5.32 Å². The highest BCUT2D eigenvalue weighted by Crippen LogP contribution is 2.40. The van der Waals surface area contributed by atoms with Gasteiger partial charge in [0.05, 0.1) is 21.3 Å². The molecule has 0 spiro atoms. The Labute approximate surface area is 151 Å². The second kappa shape index (κ2) is 7.52. The molecule has 0 saturated heterocycles. The lowest BCUT2D eigenvalue weighted by atomic mass is 9.76. The van der Waals surface area contributed by atoms with Crippen LogP contribution in [0.15, 0.2) is 29.8 Å². The second-order valence-corrected chi connectivity index (χ2v) is 5.93. The zero-order chi connectivity index (χ0) is 18.6. The summed E-state index contributed by atoms with van der Waals surface area (Å²) < 4.78 is 16.0. The van der Waals surface area contributed by atoms with Gasteiger partial charge in [0, 0.05) is 0 Å². The summed E-state index contributed by atoms with van der Waals surface area (Å²) in [7, 11) is 4.59. The molecule has 0 bridgehead atoms. The van der Waals surface area contributed by atoms with E-state index in [-0.39, 0.29) is 23.3 Å². The van der Waals surface area contributed by atoms with E-state index in [0.717, 1.165) is 5.56 Å². The molecule has 0 radical (unpaired) electrons. The van der Waals surface area contributed by atoms with Crippen LogP contribution in [0.3, 0.4) is 0 Å². The topological polar surface area (TPSA) is 95.2 Å². The molecule has 7 nitrogen and oxygen atoms in total. The maximum absolute atomic E-state index is 12.7. The van der Waals surface area contributed by atoms with Gasteiger partial charge >= 0.3 is 0 Å². The molecule has 1 heterocycles. The maximum Gasteiger partial charge on any atom is 0.240 e. The van der Waals surface area contributed by atoms with Crippen molar-refractivity contribution in [3.8, 4) is 17.2 Å². The predicted molar refractivity (Wildman–Crippen MR) is 99.4 cm³/mol. The fraction of sp³-hybridized carbons (Fsp3) is 0.353. The van der Waals surface area contributed by atoms with Gasteiger partial charge in [0.2, 0.25) is 16.8 Å². The normalized spacial score (nSPS) is 19.7. The van der Waals surface area contributed by atoms with Gasteiger partial charge < -0.3 is 25.3 Å². The van der Waals surface area contributed by atoms with Crippen LogP contribution in [-0.2, 0) is 11.2 Å². The number of amidine groups is 1. The summed E-state index contributed by atoms with van der Waals surface area (Å²) in [5.41, 5.74) is 5.79. The summed E-state index contributed by atoms with van der Waals surface area (Å²) in [5.74, 6) is 1.32. The molecule has 134 valence electrons. The Morgan fingerprint density at radius 2 is 1.88 bits per heavy atom. The summed E-state index contributed by atoms with van der Waals surface area (Å²) in [6, 6.07) is 3.55. The Kier molecular flexibility index (Phi) is 5.63. The van der Waals surface area contributed by atoms with Crippen LogP contribution in [-0.4, -0.2) is 38.2 Å². The van der Waals surface area contributed by atoms with E-state index in [0.29, 0.717) is 23.7 Å². The number of nitrogens with one attached hydrogen (secondary N) is 1. The van der Waals surface area contributed by atoms with Gasteiger partial charge in [-0.25, -0.2) is 4.99 Å². The zero-order valence-corrected chi connectivity index (χ0v) is 15.2. The molecule has 1 atom stereocenters.